The van der Waals surface area contributed by atoms with Gasteiger partial charge in [0.2, 0.25) is 5.95 Å². The van der Waals surface area contributed by atoms with Crippen molar-refractivity contribution >= 4 is 17.9 Å². The van der Waals surface area contributed by atoms with E-state index >= 15 is 0 Å². The Morgan fingerprint density at radius 2 is 1.85 bits per heavy atom. The summed E-state index contributed by atoms with van der Waals surface area (Å²) in [6.07, 6.45) is 2.44. The Kier molecular flexibility index (Phi) is 5.04. The van der Waals surface area contributed by atoms with E-state index in [0.717, 1.165) is 25.3 Å². The number of carbonyl (C=O) groups is 1. The van der Waals surface area contributed by atoms with Crippen LogP contribution in [0, 0.1) is 0 Å². The lowest BCUT2D eigenvalue weighted by molar-refractivity contribution is 0.105. The summed E-state index contributed by atoms with van der Waals surface area (Å²) in [6.45, 7) is 6.57. The lowest BCUT2D eigenvalue weighted by Crippen LogP contribution is -2.49. The summed E-state index contributed by atoms with van der Waals surface area (Å²) in [6, 6.07) is 8.50. The molecule has 2 aromatic rings. The van der Waals surface area contributed by atoms with Gasteiger partial charge in [-0.2, -0.15) is 10.1 Å². The lowest BCUT2D eigenvalue weighted by atomic mass is 10.0. The van der Waals surface area contributed by atoms with Crippen molar-refractivity contribution in [1.82, 2.24) is 20.1 Å². The van der Waals surface area contributed by atoms with Crippen LogP contribution in [0.3, 0.4) is 0 Å². The number of benzene rings is 1. The number of nitrogens with zero attached hydrogens (tertiary/aromatic N) is 6. The van der Waals surface area contributed by atoms with Crippen molar-refractivity contribution in [2.75, 3.05) is 49.1 Å². The predicted octanol–water partition coefficient (Wildman–Crippen LogP) is 1.71. The molecule has 4 rings (SSSR count). The summed E-state index contributed by atoms with van der Waals surface area (Å²) in [4.78, 5) is 22.6. The third kappa shape index (κ3) is 3.79. The highest BCUT2D eigenvalue weighted by atomic mass is 16.6. The number of ether oxygens (including phenoxy) is 1. The monoisotopic (exact) mass is 368 g/mol. The van der Waals surface area contributed by atoms with Crippen LogP contribution in [0.1, 0.15) is 18.1 Å². The van der Waals surface area contributed by atoms with Crippen LogP contribution < -0.4 is 9.80 Å². The van der Waals surface area contributed by atoms with Gasteiger partial charge >= 0.3 is 6.09 Å². The highest BCUT2D eigenvalue weighted by molar-refractivity contribution is 5.68. The highest BCUT2D eigenvalue weighted by Crippen LogP contribution is 2.23. The maximum absolute atomic E-state index is 11.8. The van der Waals surface area contributed by atoms with Crippen molar-refractivity contribution in [3.63, 3.8) is 0 Å². The zero-order valence-corrected chi connectivity index (χ0v) is 15.5. The van der Waals surface area contributed by atoms with E-state index in [0.29, 0.717) is 38.7 Å². The third-order valence-corrected chi connectivity index (χ3v) is 5.08. The summed E-state index contributed by atoms with van der Waals surface area (Å²) in [5.74, 6) is 1.47. The largest absolute Gasteiger partial charge is 0.450 e. The number of hydrogen-bond acceptors (Lipinski definition) is 7. The molecule has 8 heteroatoms. The first-order valence-electron chi connectivity index (χ1n) is 9.42. The number of anilines is 2. The summed E-state index contributed by atoms with van der Waals surface area (Å²) in [5.41, 5.74) is 2.72. The van der Waals surface area contributed by atoms with E-state index in [1.54, 1.807) is 11.1 Å². The zero-order valence-electron chi connectivity index (χ0n) is 15.5. The van der Waals surface area contributed by atoms with Gasteiger partial charge in [-0.25, -0.2) is 4.79 Å². The van der Waals surface area contributed by atoms with Gasteiger partial charge in [0.05, 0.1) is 12.8 Å². The number of fused-ring (bicyclic) bond motifs is 1. The average molecular weight is 368 g/mol. The minimum Gasteiger partial charge on any atom is -0.450 e. The number of piperazine rings is 1. The molecule has 1 aromatic heterocycles. The number of amides is 1. The van der Waals surface area contributed by atoms with E-state index in [4.69, 9.17) is 9.72 Å². The van der Waals surface area contributed by atoms with Crippen LogP contribution in [0.4, 0.5) is 16.6 Å². The Bertz CT molecular complexity index is 806. The second-order valence-electron chi connectivity index (χ2n) is 6.73. The molecule has 0 aliphatic carbocycles. The molecule has 0 spiro atoms. The maximum Gasteiger partial charge on any atom is 0.409 e. The van der Waals surface area contributed by atoms with Crippen LogP contribution in [0.2, 0.25) is 0 Å². The first-order chi connectivity index (χ1) is 13.2. The molecule has 2 aliphatic heterocycles. The smallest absolute Gasteiger partial charge is 0.409 e. The number of rotatable bonds is 3. The lowest BCUT2D eigenvalue weighted by Gasteiger charge is -2.35. The van der Waals surface area contributed by atoms with Crippen LogP contribution in [-0.2, 0) is 17.7 Å². The van der Waals surface area contributed by atoms with Gasteiger partial charge in [0, 0.05) is 39.3 Å². The van der Waals surface area contributed by atoms with E-state index in [2.05, 4.69) is 44.3 Å². The molecule has 1 saturated heterocycles. The summed E-state index contributed by atoms with van der Waals surface area (Å²) >= 11 is 0. The SMILES string of the molecule is CCOC(=O)N1CCN(c2cnnc(N3CCc4ccccc4C3)n2)CC1. The molecule has 0 atom stereocenters. The summed E-state index contributed by atoms with van der Waals surface area (Å²) < 4.78 is 5.07. The molecule has 0 bridgehead atoms. The topological polar surface area (TPSA) is 74.7 Å². The fourth-order valence-electron chi connectivity index (χ4n) is 3.57. The minimum atomic E-state index is -0.245. The van der Waals surface area contributed by atoms with E-state index in [9.17, 15) is 4.79 Å². The van der Waals surface area contributed by atoms with E-state index in [-0.39, 0.29) is 6.09 Å². The molecule has 27 heavy (non-hydrogen) atoms. The highest BCUT2D eigenvalue weighted by Gasteiger charge is 2.24. The number of carbonyl (C=O) groups excluding carboxylic acids is 1. The molecular formula is C19H24N6O2. The van der Waals surface area contributed by atoms with Crippen molar-refractivity contribution in [2.45, 2.75) is 19.9 Å². The van der Waals surface area contributed by atoms with Crippen molar-refractivity contribution < 1.29 is 9.53 Å². The van der Waals surface area contributed by atoms with Gasteiger partial charge in [-0.3, -0.25) is 0 Å². The normalized spacial score (nSPS) is 16.9. The van der Waals surface area contributed by atoms with Crippen LogP contribution in [0.25, 0.3) is 0 Å². The van der Waals surface area contributed by atoms with Crippen LogP contribution in [0.5, 0.6) is 0 Å². The molecule has 8 nitrogen and oxygen atoms in total. The Morgan fingerprint density at radius 3 is 2.63 bits per heavy atom. The average Bonchev–Trinajstić information content (AvgIpc) is 2.74. The summed E-state index contributed by atoms with van der Waals surface area (Å²) in [5, 5.41) is 8.43. The van der Waals surface area contributed by atoms with E-state index < -0.39 is 0 Å². The van der Waals surface area contributed by atoms with Crippen LogP contribution >= 0.6 is 0 Å². The third-order valence-electron chi connectivity index (χ3n) is 5.08. The molecule has 1 fully saturated rings. The zero-order chi connectivity index (χ0) is 18.6. The quantitative estimate of drug-likeness (QED) is 0.816. The van der Waals surface area contributed by atoms with Crippen LogP contribution in [-0.4, -0.2) is 65.5 Å². The maximum atomic E-state index is 11.8. The molecule has 3 heterocycles. The molecule has 0 unspecified atom stereocenters. The molecular weight excluding hydrogens is 344 g/mol. The van der Waals surface area contributed by atoms with Gasteiger partial charge in [-0.1, -0.05) is 24.3 Å². The first-order valence-corrected chi connectivity index (χ1v) is 9.42. The van der Waals surface area contributed by atoms with Gasteiger partial charge in [0.1, 0.15) is 0 Å². The number of hydrogen-bond donors (Lipinski definition) is 0. The standard InChI is InChI=1S/C19H24N6O2/c1-2-27-19(26)24-11-9-23(10-12-24)17-13-20-22-18(21-17)25-8-7-15-5-3-4-6-16(15)14-25/h3-6,13H,2,7-12,14H2,1H3. The Balaban J connectivity index is 1.42. The van der Waals surface area contributed by atoms with Crippen molar-refractivity contribution in [2.24, 2.45) is 0 Å². The van der Waals surface area contributed by atoms with Crippen molar-refractivity contribution in [3.8, 4) is 0 Å². The summed E-state index contributed by atoms with van der Waals surface area (Å²) in [7, 11) is 0. The van der Waals surface area contributed by atoms with Gasteiger partial charge < -0.3 is 19.4 Å². The Morgan fingerprint density at radius 1 is 1.07 bits per heavy atom. The van der Waals surface area contributed by atoms with Gasteiger partial charge in [-0.15, -0.1) is 5.10 Å². The second-order valence-corrected chi connectivity index (χ2v) is 6.73. The Labute approximate surface area is 158 Å². The van der Waals surface area contributed by atoms with Gasteiger partial charge in [-0.05, 0) is 24.5 Å². The molecule has 2 aliphatic rings. The van der Waals surface area contributed by atoms with Crippen molar-refractivity contribution in [3.05, 3.63) is 41.6 Å². The fourth-order valence-corrected chi connectivity index (χ4v) is 3.57. The Hall–Kier alpha value is -2.90. The van der Waals surface area contributed by atoms with E-state index in [1.165, 1.54) is 11.1 Å². The number of aromatic nitrogens is 3. The molecule has 142 valence electrons. The predicted molar refractivity (Wildman–Crippen MR) is 102 cm³/mol. The molecule has 1 amide bonds. The first kappa shape index (κ1) is 17.5. The molecule has 0 radical (unpaired) electrons. The van der Waals surface area contributed by atoms with E-state index in [1.807, 2.05) is 6.92 Å². The van der Waals surface area contributed by atoms with Crippen LogP contribution in [0.15, 0.2) is 30.5 Å². The fraction of sp³-hybridized carbons (Fsp3) is 0.474. The molecule has 0 N–H and O–H groups in total. The van der Waals surface area contributed by atoms with Gasteiger partial charge in [0.25, 0.3) is 0 Å². The second kappa shape index (κ2) is 7.77. The van der Waals surface area contributed by atoms with Gasteiger partial charge in [0.15, 0.2) is 5.82 Å². The van der Waals surface area contributed by atoms with Crippen molar-refractivity contribution in [1.29, 1.82) is 0 Å². The molecule has 0 saturated carbocycles. The minimum absolute atomic E-state index is 0.245. The molecule has 1 aromatic carbocycles.